The minimum absolute atomic E-state index is 0.178. The Kier molecular flexibility index (Phi) is 4.96. The van der Waals surface area contributed by atoms with Crippen LogP contribution in [0.25, 0.3) is 5.57 Å². The van der Waals surface area contributed by atoms with Crippen molar-refractivity contribution in [2.24, 2.45) is 0 Å². The Hall–Kier alpha value is -3.73. The van der Waals surface area contributed by atoms with Gasteiger partial charge in [0.2, 0.25) is 0 Å². The Bertz CT molecular complexity index is 1200. The number of benzene rings is 3. The van der Waals surface area contributed by atoms with E-state index in [0.29, 0.717) is 16.9 Å². The molecular weight excluding hydrogens is 379 g/mol. The van der Waals surface area contributed by atoms with Gasteiger partial charge in [-0.1, -0.05) is 42.0 Å². The molecule has 5 heteroatoms. The molecule has 0 unspecified atom stereocenters. The fraction of sp³-hybridized carbons (Fsp3) is 0.120. The maximum atomic E-state index is 13.5. The SMILES string of the molecule is Cc1cccc(NC2=C(c3ccc(F)cc3)C(=O)N(c3ccc(C)cc3C)C2=O)c1. The summed E-state index contributed by atoms with van der Waals surface area (Å²) in [4.78, 5) is 28.0. The van der Waals surface area contributed by atoms with Crippen LogP contribution in [0.4, 0.5) is 15.8 Å². The first-order valence-electron chi connectivity index (χ1n) is 9.65. The number of carbonyl (C=O) groups excluding carboxylic acids is 2. The van der Waals surface area contributed by atoms with Gasteiger partial charge in [0.25, 0.3) is 11.8 Å². The van der Waals surface area contributed by atoms with Crippen LogP contribution in [0.1, 0.15) is 22.3 Å². The van der Waals surface area contributed by atoms with Crippen molar-refractivity contribution in [3.05, 3.63) is 100 Å². The molecule has 0 spiro atoms. The molecule has 0 atom stereocenters. The molecule has 0 fully saturated rings. The molecule has 0 saturated heterocycles. The summed E-state index contributed by atoms with van der Waals surface area (Å²) < 4.78 is 13.5. The molecule has 2 amide bonds. The van der Waals surface area contributed by atoms with E-state index in [-0.39, 0.29) is 11.3 Å². The van der Waals surface area contributed by atoms with Crippen LogP contribution in [0.2, 0.25) is 0 Å². The van der Waals surface area contributed by atoms with Crippen LogP contribution >= 0.6 is 0 Å². The highest BCUT2D eigenvalue weighted by atomic mass is 19.1. The smallest absolute Gasteiger partial charge is 0.282 e. The zero-order chi connectivity index (χ0) is 21.4. The number of carbonyl (C=O) groups is 2. The second kappa shape index (κ2) is 7.59. The molecule has 30 heavy (non-hydrogen) atoms. The summed E-state index contributed by atoms with van der Waals surface area (Å²) in [5.41, 5.74) is 5.01. The normalized spacial score (nSPS) is 13.9. The molecule has 0 radical (unpaired) electrons. The van der Waals surface area contributed by atoms with Gasteiger partial charge in [0, 0.05) is 5.69 Å². The summed E-state index contributed by atoms with van der Waals surface area (Å²) in [6.07, 6.45) is 0. The number of aryl methyl sites for hydroxylation is 3. The molecule has 1 aliphatic heterocycles. The molecule has 150 valence electrons. The molecule has 0 aliphatic carbocycles. The van der Waals surface area contributed by atoms with Crippen LogP contribution in [-0.4, -0.2) is 11.8 Å². The van der Waals surface area contributed by atoms with E-state index in [0.717, 1.165) is 16.7 Å². The van der Waals surface area contributed by atoms with Crippen LogP contribution in [0, 0.1) is 26.6 Å². The quantitative estimate of drug-likeness (QED) is 0.617. The number of rotatable bonds is 4. The third-order valence-electron chi connectivity index (χ3n) is 5.10. The van der Waals surface area contributed by atoms with E-state index in [1.807, 2.05) is 57.2 Å². The molecule has 1 aliphatic rings. The number of imide groups is 1. The first kappa shape index (κ1) is 19.6. The molecule has 0 aromatic heterocycles. The standard InChI is InChI=1S/C25H21FN2O2/c1-15-5-4-6-20(14-15)27-23-22(18-8-10-19(26)11-9-18)24(29)28(25(23)30)21-12-7-16(2)13-17(21)3/h4-14,27H,1-3H3. The van der Waals surface area contributed by atoms with E-state index in [4.69, 9.17) is 0 Å². The lowest BCUT2D eigenvalue weighted by Crippen LogP contribution is -2.33. The zero-order valence-corrected chi connectivity index (χ0v) is 17.0. The van der Waals surface area contributed by atoms with Crippen LogP contribution in [0.5, 0.6) is 0 Å². The maximum absolute atomic E-state index is 13.5. The number of halogens is 1. The van der Waals surface area contributed by atoms with Gasteiger partial charge in [0.05, 0.1) is 11.3 Å². The number of anilines is 2. The van der Waals surface area contributed by atoms with Gasteiger partial charge < -0.3 is 5.32 Å². The number of nitrogens with one attached hydrogen (secondary N) is 1. The van der Waals surface area contributed by atoms with Crippen LogP contribution in [0.3, 0.4) is 0 Å². The fourth-order valence-electron chi connectivity index (χ4n) is 3.67. The average molecular weight is 400 g/mol. The van der Waals surface area contributed by atoms with E-state index < -0.39 is 17.6 Å². The van der Waals surface area contributed by atoms with Crippen LogP contribution in [0.15, 0.2) is 72.4 Å². The first-order chi connectivity index (χ1) is 14.3. The molecule has 1 N–H and O–H groups in total. The van der Waals surface area contributed by atoms with Crippen molar-refractivity contribution in [3.8, 4) is 0 Å². The largest absolute Gasteiger partial charge is 0.350 e. The van der Waals surface area contributed by atoms with Gasteiger partial charge >= 0.3 is 0 Å². The minimum atomic E-state index is -0.437. The Morgan fingerprint density at radius 3 is 2.17 bits per heavy atom. The zero-order valence-electron chi connectivity index (χ0n) is 17.0. The van der Waals surface area contributed by atoms with Crippen molar-refractivity contribution in [3.63, 3.8) is 0 Å². The molecule has 3 aromatic carbocycles. The highest BCUT2D eigenvalue weighted by Crippen LogP contribution is 2.35. The first-order valence-corrected chi connectivity index (χ1v) is 9.65. The molecule has 4 rings (SSSR count). The third kappa shape index (κ3) is 3.50. The number of amides is 2. The number of hydrogen-bond donors (Lipinski definition) is 1. The summed E-state index contributed by atoms with van der Waals surface area (Å²) >= 11 is 0. The summed E-state index contributed by atoms with van der Waals surface area (Å²) in [6.45, 7) is 5.77. The van der Waals surface area contributed by atoms with Crippen molar-refractivity contribution < 1.29 is 14.0 Å². The van der Waals surface area contributed by atoms with E-state index in [1.165, 1.54) is 29.2 Å². The fourth-order valence-corrected chi connectivity index (χ4v) is 3.67. The van der Waals surface area contributed by atoms with Gasteiger partial charge in [-0.15, -0.1) is 0 Å². The third-order valence-corrected chi connectivity index (χ3v) is 5.10. The molecular formula is C25H21FN2O2. The van der Waals surface area contributed by atoms with Gasteiger partial charge in [0.1, 0.15) is 11.5 Å². The number of nitrogens with zero attached hydrogens (tertiary/aromatic N) is 1. The maximum Gasteiger partial charge on any atom is 0.282 e. The molecule has 4 nitrogen and oxygen atoms in total. The van der Waals surface area contributed by atoms with Gasteiger partial charge in [-0.3, -0.25) is 9.59 Å². The Morgan fingerprint density at radius 1 is 0.800 bits per heavy atom. The van der Waals surface area contributed by atoms with E-state index in [2.05, 4.69) is 5.32 Å². The molecule has 0 bridgehead atoms. The molecule has 1 heterocycles. The van der Waals surface area contributed by atoms with Crippen molar-refractivity contribution in [2.45, 2.75) is 20.8 Å². The summed E-state index contributed by atoms with van der Waals surface area (Å²) in [6, 6.07) is 18.7. The predicted molar refractivity (Wildman–Crippen MR) is 117 cm³/mol. The monoisotopic (exact) mass is 400 g/mol. The predicted octanol–water partition coefficient (Wildman–Crippen LogP) is 5.15. The Morgan fingerprint density at radius 2 is 1.50 bits per heavy atom. The van der Waals surface area contributed by atoms with E-state index in [9.17, 15) is 14.0 Å². The topological polar surface area (TPSA) is 49.4 Å². The number of hydrogen-bond acceptors (Lipinski definition) is 3. The Labute approximate surface area is 174 Å². The highest BCUT2D eigenvalue weighted by molar-refractivity contribution is 6.46. The summed E-state index contributed by atoms with van der Waals surface area (Å²) in [5, 5.41) is 3.13. The second-order valence-corrected chi connectivity index (χ2v) is 7.49. The second-order valence-electron chi connectivity index (χ2n) is 7.49. The average Bonchev–Trinajstić information content (AvgIpc) is 2.93. The van der Waals surface area contributed by atoms with E-state index in [1.54, 1.807) is 6.07 Å². The van der Waals surface area contributed by atoms with Crippen molar-refractivity contribution in [2.75, 3.05) is 10.2 Å². The lowest BCUT2D eigenvalue weighted by molar-refractivity contribution is -0.120. The highest BCUT2D eigenvalue weighted by Gasteiger charge is 2.40. The summed E-state index contributed by atoms with van der Waals surface area (Å²) in [7, 11) is 0. The summed E-state index contributed by atoms with van der Waals surface area (Å²) in [5.74, 6) is -1.28. The lowest BCUT2D eigenvalue weighted by atomic mass is 10.0. The van der Waals surface area contributed by atoms with Gasteiger partial charge in [-0.2, -0.15) is 0 Å². The van der Waals surface area contributed by atoms with Crippen molar-refractivity contribution in [1.82, 2.24) is 0 Å². The Balaban J connectivity index is 1.84. The van der Waals surface area contributed by atoms with Crippen molar-refractivity contribution in [1.29, 1.82) is 0 Å². The van der Waals surface area contributed by atoms with E-state index >= 15 is 0 Å². The lowest BCUT2D eigenvalue weighted by Gasteiger charge is -2.18. The van der Waals surface area contributed by atoms with Gasteiger partial charge in [0.15, 0.2) is 0 Å². The van der Waals surface area contributed by atoms with Gasteiger partial charge in [-0.05, 0) is 67.8 Å². The molecule has 0 saturated carbocycles. The molecule has 3 aromatic rings. The van der Waals surface area contributed by atoms with Crippen molar-refractivity contribution >= 4 is 28.8 Å². The van der Waals surface area contributed by atoms with Crippen LogP contribution < -0.4 is 10.2 Å². The van der Waals surface area contributed by atoms with Crippen LogP contribution in [-0.2, 0) is 9.59 Å². The van der Waals surface area contributed by atoms with Gasteiger partial charge in [-0.25, -0.2) is 9.29 Å². The minimum Gasteiger partial charge on any atom is -0.350 e.